The third kappa shape index (κ3) is 5.02. The fourth-order valence-electron chi connectivity index (χ4n) is 6.78. The van der Waals surface area contributed by atoms with Crippen LogP contribution in [0, 0.1) is 0 Å². The maximum Gasteiger partial charge on any atom is 0.159 e. The average molecular weight is 607 g/mol. The summed E-state index contributed by atoms with van der Waals surface area (Å²) in [5.74, 6) is 2.34. The molecule has 0 saturated carbocycles. The molecule has 6 aromatic rings. The van der Waals surface area contributed by atoms with Gasteiger partial charge in [-0.1, -0.05) is 127 Å². The van der Waals surface area contributed by atoms with Gasteiger partial charge in [-0.15, -0.1) is 0 Å². The van der Waals surface area contributed by atoms with Crippen molar-refractivity contribution in [1.82, 2.24) is 10.3 Å². The minimum atomic E-state index is -0.298. The lowest BCUT2D eigenvalue weighted by molar-refractivity contribution is 0.288. The number of aliphatic imine (C=N–C) groups is 2. The first-order chi connectivity index (χ1) is 23.3. The summed E-state index contributed by atoms with van der Waals surface area (Å²) in [6.07, 6.45) is 5.81. The van der Waals surface area contributed by atoms with Crippen molar-refractivity contribution >= 4 is 23.8 Å². The quantitative estimate of drug-likeness (QED) is 0.229. The number of benzene rings is 5. The van der Waals surface area contributed by atoms with Crippen molar-refractivity contribution in [2.75, 3.05) is 0 Å². The number of hydrogen-bond acceptors (Lipinski definition) is 5. The van der Waals surface area contributed by atoms with Gasteiger partial charge in [0.2, 0.25) is 0 Å². The topological polar surface area (TPSA) is 58.9 Å². The number of hydrogen-bond donors (Lipinski definition) is 1. The second-order valence-electron chi connectivity index (χ2n) is 12.0. The van der Waals surface area contributed by atoms with E-state index < -0.39 is 0 Å². The Balaban J connectivity index is 1.23. The van der Waals surface area contributed by atoms with Crippen molar-refractivity contribution in [3.05, 3.63) is 179 Å². The molecule has 3 unspecified atom stereocenters. The highest BCUT2D eigenvalue weighted by Crippen LogP contribution is 2.46. The normalized spacial score (nSPS) is 18.9. The number of amidine groups is 2. The standard InChI is InChI=1S/C42H30N4O/c1-4-11-27(12-5-1)28-18-20-29(21-19-28)33-24-35(39-34-23-32-17-10-22-43-36(32)26-37(34)47-38(39)25-33)42-45-40(30-13-6-2-7-14-30)44-41(46-42)31-15-8-3-9-16-31/h1-26,34,37,40H,(H,44,45,46). The van der Waals surface area contributed by atoms with E-state index in [1.54, 1.807) is 0 Å². The van der Waals surface area contributed by atoms with Crippen molar-refractivity contribution in [2.45, 2.75) is 18.2 Å². The van der Waals surface area contributed by atoms with Gasteiger partial charge in [-0.3, -0.25) is 4.98 Å². The third-order valence-electron chi connectivity index (χ3n) is 9.12. The largest absolute Gasteiger partial charge is 0.485 e. The molecule has 3 aliphatic rings. The van der Waals surface area contributed by atoms with Crippen molar-refractivity contribution < 1.29 is 4.74 Å². The lowest BCUT2D eigenvalue weighted by Gasteiger charge is -2.25. The molecule has 1 aromatic heterocycles. The molecule has 0 fully saturated rings. The van der Waals surface area contributed by atoms with Crippen LogP contribution in [0.5, 0.6) is 5.75 Å². The second-order valence-corrected chi connectivity index (χ2v) is 12.0. The molecule has 2 aliphatic heterocycles. The molecule has 0 radical (unpaired) electrons. The number of aromatic nitrogens is 1. The Morgan fingerprint density at radius 2 is 1.26 bits per heavy atom. The molecule has 47 heavy (non-hydrogen) atoms. The van der Waals surface area contributed by atoms with Gasteiger partial charge >= 0.3 is 0 Å². The molecule has 0 bridgehead atoms. The van der Waals surface area contributed by atoms with Gasteiger partial charge in [-0.25, -0.2) is 9.98 Å². The number of nitrogens with one attached hydrogen (secondary N) is 1. The molecule has 5 nitrogen and oxygen atoms in total. The molecule has 224 valence electrons. The van der Waals surface area contributed by atoms with E-state index in [-0.39, 0.29) is 18.2 Å². The summed E-state index contributed by atoms with van der Waals surface area (Å²) in [7, 11) is 0. The van der Waals surface area contributed by atoms with E-state index >= 15 is 0 Å². The Morgan fingerprint density at radius 3 is 2.00 bits per heavy atom. The van der Waals surface area contributed by atoms with Gasteiger partial charge in [0.05, 0.1) is 5.35 Å². The molecule has 5 heteroatoms. The Hall–Kier alpha value is -6.07. The SMILES string of the molecule is C1=c2cccnc2=CC2Oc3cc(-c4ccc(-c5ccccc5)cc4)cc(C4=NC(c5ccccc5)NC(c5ccccc5)=N4)c3C12. The molecule has 3 heterocycles. The van der Waals surface area contributed by atoms with Crippen LogP contribution in [0.2, 0.25) is 0 Å². The molecule has 3 atom stereocenters. The number of ether oxygens (including phenoxy) is 1. The molecule has 1 N–H and O–H groups in total. The number of nitrogens with zero attached hydrogens (tertiary/aromatic N) is 3. The molecule has 5 aromatic carbocycles. The zero-order valence-electron chi connectivity index (χ0n) is 25.5. The van der Waals surface area contributed by atoms with Crippen molar-refractivity contribution in [3.8, 4) is 28.0 Å². The highest BCUT2D eigenvalue weighted by atomic mass is 16.5. The van der Waals surface area contributed by atoms with Gasteiger partial charge in [-0.05, 0) is 57.3 Å². The van der Waals surface area contributed by atoms with Crippen LogP contribution in [-0.2, 0) is 0 Å². The number of rotatable bonds is 5. The highest BCUT2D eigenvalue weighted by Gasteiger charge is 2.37. The van der Waals surface area contributed by atoms with Crippen LogP contribution < -0.4 is 20.6 Å². The van der Waals surface area contributed by atoms with Crippen molar-refractivity contribution in [3.63, 3.8) is 0 Å². The van der Waals surface area contributed by atoms with Gasteiger partial charge in [0.25, 0.3) is 0 Å². The monoisotopic (exact) mass is 606 g/mol. The van der Waals surface area contributed by atoms with Gasteiger partial charge in [0.1, 0.15) is 23.9 Å². The average Bonchev–Trinajstić information content (AvgIpc) is 3.51. The first kappa shape index (κ1) is 27.3. The van der Waals surface area contributed by atoms with Crippen LogP contribution in [-0.4, -0.2) is 22.8 Å². The summed E-state index contributed by atoms with van der Waals surface area (Å²) >= 11 is 0. The summed E-state index contributed by atoms with van der Waals surface area (Å²) in [5, 5.41) is 5.66. The van der Waals surface area contributed by atoms with Crippen molar-refractivity contribution in [2.24, 2.45) is 9.98 Å². The molecule has 0 saturated heterocycles. The van der Waals surface area contributed by atoms with Gasteiger partial charge in [-0.2, -0.15) is 0 Å². The van der Waals surface area contributed by atoms with Crippen LogP contribution in [0.4, 0.5) is 0 Å². The highest BCUT2D eigenvalue weighted by molar-refractivity contribution is 6.14. The van der Waals surface area contributed by atoms with E-state index in [2.05, 4.69) is 113 Å². The van der Waals surface area contributed by atoms with Gasteiger partial charge in [0.15, 0.2) is 5.84 Å². The zero-order valence-corrected chi connectivity index (χ0v) is 25.5. The maximum absolute atomic E-state index is 6.73. The van der Waals surface area contributed by atoms with Crippen LogP contribution in [0.25, 0.3) is 34.4 Å². The second kappa shape index (κ2) is 11.4. The predicted octanol–water partition coefficient (Wildman–Crippen LogP) is 7.03. The minimum Gasteiger partial charge on any atom is -0.485 e. The molecular weight excluding hydrogens is 576 g/mol. The molecule has 0 amide bonds. The summed E-state index contributed by atoms with van der Waals surface area (Å²) in [4.78, 5) is 15.1. The zero-order chi connectivity index (χ0) is 31.2. The van der Waals surface area contributed by atoms with E-state index in [4.69, 9.17) is 14.7 Å². The maximum atomic E-state index is 6.73. The lowest BCUT2D eigenvalue weighted by Crippen LogP contribution is -2.36. The minimum absolute atomic E-state index is 0.00865. The van der Waals surface area contributed by atoms with E-state index in [0.29, 0.717) is 5.84 Å². The van der Waals surface area contributed by atoms with E-state index in [0.717, 1.165) is 55.5 Å². The Morgan fingerprint density at radius 1 is 0.596 bits per heavy atom. The van der Waals surface area contributed by atoms with Crippen molar-refractivity contribution in [1.29, 1.82) is 0 Å². The summed E-state index contributed by atoms with van der Waals surface area (Å²) in [6.45, 7) is 0. The first-order valence-corrected chi connectivity index (χ1v) is 16.0. The smallest absolute Gasteiger partial charge is 0.159 e. The Bertz CT molecular complexity index is 2300. The summed E-state index contributed by atoms with van der Waals surface area (Å²) in [6, 6.07) is 48.3. The number of fused-ring (bicyclic) bond motifs is 4. The molecule has 9 rings (SSSR count). The van der Waals surface area contributed by atoms with E-state index in [1.165, 1.54) is 11.1 Å². The Labute approximate surface area is 273 Å². The van der Waals surface area contributed by atoms with E-state index in [1.807, 2.05) is 54.7 Å². The summed E-state index contributed by atoms with van der Waals surface area (Å²) in [5.41, 5.74) is 8.70. The van der Waals surface area contributed by atoms with E-state index in [9.17, 15) is 0 Å². The lowest BCUT2D eigenvalue weighted by atomic mass is 9.86. The van der Waals surface area contributed by atoms with Gasteiger partial charge in [0, 0.05) is 28.8 Å². The first-order valence-electron chi connectivity index (χ1n) is 16.0. The fourth-order valence-corrected chi connectivity index (χ4v) is 6.78. The van der Waals surface area contributed by atoms with Gasteiger partial charge < -0.3 is 10.1 Å². The summed E-state index contributed by atoms with van der Waals surface area (Å²) < 4.78 is 6.73. The predicted molar refractivity (Wildman–Crippen MR) is 189 cm³/mol. The van der Waals surface area contributed by atoms with Crippen LogP contribution in [0.3, 0.4) is 0 Å². The van der Waals surface area contributed by atoms with Crippen LogP contribution in [0.15, 0.2) is 156 Å². The number of pyridine rings is 1. The Kier molecular flexibility index (Phi) is 6.60. The van der Waals surface area contributed by atoms with Crippen LogP contribution >= 0.6 is 0 Å². The fraction of sp³-hybridized carbons (Fsp3) is 0.0714. The van der Waals surface area contributed by atoms with Crippen LogP contribution in [0.1, 0.15) is 34.3 Å². The molecular formula is C42H30N4O. The molecule has 0 spiro atoms. The third-order valence-corrected chi connectivity index (χ3v) is 9.12. The molecule has 1 aliphatic carbocycles.